The lowest BCUT2D eigenvalue weighted by Gasteiger charge is -2.15. The molecule has 0 spiro atoms. The standard InChI is InChI=1S/C17H18N2O3/c18-17(21)16(14-9-5-2-6-10-14)19-15(20)12-22-11-13-7-3-1-4-8-13/h1-10,16H,11-12H2,(H2,18,21)(H,19,20)/t16-/m0/s1. The second-order valence-electron chi connectivity index (χ2n) is 4.79. The van der Waals surface area contributed by atoms with Crippen molar-refractivity contribution in [3.8, 4) is 0 Å². The molecule has 0 aromatic heterocycles. The number of benzene rings is 2. The minimum Gasteiger partial charge on any atom is -0.368 e. The monoisotopic (exact) mass is 298 g/mol. The van der Waals surface area contributed by atoms with Crippen molar-refractivity contribution in [3.63, 3.8) is 0 Å². The number of nitrogens with two attached hydrogens (primary N) is 1. The van der Waals surface area contributed by atoms with Crippen molar-refractivity contribution in [2.24, 2.45) is 5.73 Å². The molecule has 1 atom stereocenters. The summed E-state index contributed by atoms with van der Waals surface area (Å²) >= 11 is 0. The lowest BCUT2D eigenvalue weighted by atomic mass is 10.1. The molecule has 0 unspecified atom stereocenters. The highest BCUT2D eigenvalue weighted by Crippen LogP contribution is 2.11. The first-order chi connectivity index (χ1) is 10.7. The van der Waals surface area contributed by atoms with Crippen LogP contribution in [0, 0.1) is 0 Å². The average Bonchev–Trinajstić information content (AvgIpc) is 2.54. The fourth-order valence-electron chi connectivity index (χ4n) is 2.00. The molecule has 0 heterocycles. The van der Waals surface area contributed by atoms with Gasteiger partial charge in [-0.3, -0.25) is 9.59 Å². The van der Waals surface area contributed by atoms with Crippen molar-refractivity contribution < 1.29 is 14.3 Å². The number of hydrogen-bond donors (Lipinski definition) is 2. The van der Waals surface area contributed by atoms with Gasteiger partial charge >= 0.3 is 0 Å². The van der Waals surface area contributed by atoms with Crippen LogP contribution in [-0.4, -0.2) is 18.4 Å². The molecule has 114 valence electrons. The van der Waals surface area contributed by atoms with Crippen molar-refractivity contribution in [3.05, 3.63) is 71.8 Å². The molecule has 2 aromatic carbocycles. The highest BCUT2D eigenvalue weighted by molar-refractivity contribution is 5.88. The van der Waals surface area contributed by atoms with Crippen molar-refractivity contribution in [2.75, 3.05) is 6.61 Å². The molecule has 0 fully saturated rings. The van der Waals surface area contributed by atoms with Gasteiger partial charge in [-0.2, -0.15) is 0 Å². The van der Waals surface area contributed by atoms with Crippen molar-refractivity contribution in [1.82, 2.24) is 5.32 Å². The molecule has 3 N–H and O–H groups in total. The van der Waals surface area contributed by atoms with Gasteiger partial charge in [0.15, 0.2) is 0 Å². The minimum absolute atomic E-state index is 0.133. The predicted molar refractivity (Wildman–Crippen MR) is 82.6 cm³/mol. The van der Waals surface area contributed by atoms with E-state index >= 15 is 0 Å². The van der Waals surface area contributed by atoms with Crippen molar-refractivity contribution in [1.29, 1.82) is 0 Å². The smallest absolute Gasteiger partial charge is 0.246 e. The third-order valence-electron chi connectivity index (χ3n) is 3.07. The molecule has 5 nitrogen and oxygen atoms in total. The van der Waals surface area contributed by atoms with Crippen LogP contribution >= 0.6 is 0 Å². The molecule has 2 amide bonds. The maximum atomic E-state index is 11.9. The topological polar surface area (TPSA) is 81.4 Å². The highest BCUT2D eigenvalue weighted by Gasteiger charge is 2.19. The molecule has 0 saturated carbocycles. The minimum atomic E-state index is -0.853. The third kappa shape index (κ3) is 4.71. The van der Waals surface area contributed by atoms with Crippen LogP contribution in [0.3, 0.4) is 0 Å². The molecule has 0 aliphatic rings. The summed E-state index contributed by atoms with van der Waals surface area (Å²) < 4.78 is 5.33. The van der Waals surface area contributed by atoms with E-state index in [9.17, 15) is 9.59 Å². The van der Waals surface area contributed by atoms with Gasteiger partial charge < -0.3 is 15.8 Å². The molecule has 5 heteroatoms. The fourth-order valence-corrected chi connectivity index (χ4v) is 2.00. The van der Waals surface area contributed by atoms with Gasteiger partial charge in [0.1, 0.15) is 12.6 Å². The predicted octanol–water partition coefficient (Wildman–Crippen LogP) is 1.55. The van der Waals surface area contributed by atoms with Crippen LogP contribution in [0.5, 0.6) is 0 Å². The van der Waals surface area contributed by atoms with Crippen LogP contribution in [0.1, 0.15) is 17.2 Å². The molecule has 22 heavy (non-hydrogen) atoms. The van der Waals surface area contributed by atoms with Crippen molar-refractivity contribution in [2.45, 2.75) is 12.6 Å². The van der Waals surface area contributed by atoms with Gasteiger partial charge in [-0.05, 0) is 11.1 Å². The molecule has 0 bridgehead atoms. The molecule has 0 saturated heterocycles. The van der Waals surface area contributed by atoms with Crippen LogP contribution in [0.2, 0.25) is 0 Å². The van der Waals surface area contributed by atoms with Crippen molar-refractivity contribution >= 4 is 11.8 Å². The molecule has 0 aliphatic carbocycles. The van der Waals surface area contributed by atoms with E-state index in [2.05, 4.69) is 5.32 Å². The Labute approximate surface area is 129 Å². The van der Waals surface area contributed by atoms with Gasteiger partial charge in [-0.15, -0.1) is 0 Å². The number of amides is 2. The molecular formula is C17H18N2O3. The quantitative estimate of drug-likeness (QED) is 0.813. The second kappa shape index (κ2) is 7.95. The van der Waals surface area contributed by atoms with E-state index in [1.807, 2.05) is 36.4 Å². The first kappa shape index (κ1) is 15.7. The van der Waals surface area contributed by atoms with Crippen LogP contribution in [0.4, 0.5) is 0 Å². The van der Waals surface area contributed by atoms with Gasteiger partial charge in [-0.25, -0.2) is 0 Å². The second-order valence-corrected chi connectivity index (χ2v) is 4.79. The van der Waals surface area contributed by atoms with Gasteiger partial charge in [0, 0.05) is 0 Å². The summed E-state index contributed by atoms with van der Waals surface area (Å²) in [4.78, 5) is 23.4. The van der Waals surface area contributed by atoms with E-state index in [1.54, 1.807) is 24.3 Å². The Hall–Kier alpha value is -2.66. The third-order valence-corrected chi connectivity index (χ3v) is 3.07. The fraction of sp³-hybridized carbons (Fsp3) is 0.176. The maximum Gasteiger partial charge on any atom is 0.246 e. The van der Waals surface area contributed by atoms with Crippen LogP contribution in [0.15, 0.2) is 60.7 Å². The van der Waals surface area contributed by atoms with E-state index < -0.39 is 11.9 Å². The molecular weight excluding hydrogens is 280 g/mol. The summed E-state index contributed by atoms with van der Waals surface area (Å²) in [5.41, 5.74) is 6.96. The Balaban J connectivity index is 1.85. The molecule has 0 radical (unpaired) electrons. The van der Waals surface area contributed by atoms with Crippen LogP contribution < -0.4 is 11.1 Å². The van der Waals surface area contributed by atoms with Gasteiger partial charge in [0.05, 0.1) is 6.61 Å². The average molecular weight is 298 g/mol. The van der Waals surface area contributed by atoms with Gasteiger partial charge in [0.2, 0.25) is 11.8 Å². The number of nitrogens with one attached hydrogen (secondary N) is 1. The molecule has 2 aromatic rings. The zero-order valence-electron chi connectivity index (χ0n) is 12.1. The summed E-state index contributed by atoms with van der Waals surface area (Å²) in [6.45, 7) is 0.201. The normalized spacial score (nSPS) is 11.6. The lowest BCUT2D eigenvalue weighted by molar-refractivity contribution is -0.130. The van der Waals surface area contributed by atoms with Gasteiger partial charge in [0.25, 0.3) is 0 Å². The summed E-state index contributed by atoms with van der Waals surface area (Å²) in [6, 6.07) is 17.5. The Kier molecular flexibility index (Phi) is 5.68. The van der Waals surface area contributed by atoms with Gasteiger partial charge in [-0.1, -0.05) is 60.7 Å². The lowest BCUT2D eigenvalue weighted by Crippen LogP contribution is -2.39. The van der Waals surface area contributed by atoms with E-state index in [1.165, 1.54) is 0 Å². The number of rotatable bonds is 7. The highest BCUT2D eigenvalue weighted by atomic mass is 16.5. The number of hydrogen-bond acceptors (Lipinski definition) is 3. The zero-order valence-corrected chi connectivity index (χ0v) is 12.1. The number of carbonyl (C=O) groups is 2. The van der Waals surface area contributed by atoms with E-state index in [-0.39, 0.29) is 12.5 Å². The summed E-state index contributed by atoms with van der Waals surface area (Å²) in [7, 11) is 0. The SMILES string of the molecule is NC(=O)[C@@H](NC(=O)COCc1ccccc1)c1ccccc1. The Morgan fingerprint density at radius 2 is 1.59 bits per heavy atom. The summed E-state index contributed by atoms with van der Waals surface area (Å²) in [5, 5.41) is 2.58. The number of ether oxygens (including phenoxy) is 1. The zero-order chi connectivity index (χ0) is 15.8. The first-order valence-corrected chi connectivity index (χ1v) is 6.92. The molecule has 0 aliphatic heterocycles. The number of carbonyl (C=O) groups excluding carboxylic acids is 2. The molecule has 2 rings (SSSR count). The first-order valence-electron chi connectivity index (χ1n) is 6.92. The largest absolute Gasteiger partial charge is 0.368 e. The summed E-state index contributed by atoms with van der Waals surface area (Å²) in [5.74, 6) is -0.994. The van der Waals surface area contributed by atoms with E-state index in [0.717, 1.165) is 5.56 Å². The Morgan fingerprint density at radius 3 is 2.18 bits per heavy atom. The summed E-state index contributed by atoms with van der Waals surface area (Å²) in [6.07, 6.45) is 0. The maximum absolute atomic E-state index is 11.9. The number of primary amides is 1. The van der Waals surface area contributed by atoms with E-state index in [0.29, 0.717) is 12.2 Å². The van der Waals surface area contributed by atoms with Crippen LogP contribution in [0.25, 0.3) is 0 Å². The van der Waals surface area contributed by atoms with E-state index in [4.69, 9.17) is 10.5 Å². The Morgan fingerprint density at radius 1 is 1.00 bits per heavy atom. The van der Waals surface area contributed by atoms with Crippen LogP contribution in [-0.2, 0) is 20.9 Å². The Bertz CT molecular complexity index is 614.